The van der Waals surface area contributed by atoms with Crippen LogP contribution in [0.3, 0.4) is 0 Å². The lowest BCUT2D eigenvalue weighted by Crippen LogP contribution is -2.46. The number of halogens is 2. The minimum atomic E-state index is -0.349. The van der Waals surface area contributed by atoms with Crippen molar-refractivity contribution in [3.8, 4) is 5.75 Å². The van der Waals surface area contributed by atoms with Gasteiger partial charge in [0.05, 0.1) is 11.4 Å². The van der Waals surface area contributed by atoms with Gasteiger partial charge in [-0.2, -0.15) is 0 Å². The van der Waals surface area contributed by atoms with Gasteiger partial charge in [-0.3, -0.25) is 4.79 Å². The molecule has 3 rings (SSSR count). The van der Waals surface area contributed by atoms with Crippen LogP contribution < -0.4 is 15.0 Å². The summed E-state index contributed by atoms with van der Waals surface area (Å²) >= 11 is 6.13. The molecule has 1 aliphatic heterocycles. The number of rotatable bonds is 6. The fourth-order valence-electron chi connectivity index (χ4n) is 3.06. The van der Waals surface area contributed by atoms with Crippen molar-refractivity contribution >= 4 is 28.9 Å². The lowest BCUT2D eigenvalue weighted by atomic mass is 10.2. The van der Waals surface area contributed by atoms with Gasteiger partial charge < -0.3 is 19.9 Å². The van der Waals surface area contributed by atoms with Crippen molar-refractivity contribution in [1.29, 1.82) is 0 Å². The Bertz CT molecular complexity index is 777. The molecule has 1 saturated heterocycles. The quantitative estimate of drug-likeness (QED) is 0.816. The third-order valence-corrected chi connectivity index (χ3v) is 4.81. The molecule has 0 aromatic heterocycles. The number of ether oxygens (including phenoxy) is 1. The molecule has 0 bridgehead atoms. The number of nitrogens with one attached hydrogen (secondary N) is 1. The summed E-state index contributed by atoms with van der Waals surface area (Å²) in [7, 11) is 0. The van der Waals surface area contributed by atoms with E-state index in [4.69, 9.17) is 16.3 Å². The van der Waals surface area contributed by atoms with E-state index in [2.05, 4.69) is 22.0 Å². The molecular weight excluding hydrogens is 369 g/mol. The zero-order chi connectivity index (χ0) is 19.2. The molecule has 5 nitrogen and oxygen atoms in total. The minimum absolute atomic E-state index is 0.165. The standard InChI is InChI=1S/C20H23ClFN3O2/c1-2-24-9-11-25(12-10-24)19-8-3-15(21)13-18(19)23-20(26)14-27-17-6-4-16(22)5-7-17/h3-8,13H,2,9-12,14H2,1H3,(H,23,26). The monoisotopic (exact) mass is 391 g/mol. The van der Waals surface area contributed by atoms with E-state index >= 15 is 0 Å². The Balaban J connectivity index is 1.64. The van der Waals surface area contributed by atoms with Gasteiger partial charge in [0.25, 0.3) is 5.91 Å². The van der Waals surface area contributed by atoms with Crippen molar-refractivity contribution < 1.29 is 13.9 Å². The van der Waals surface area contributed by atoms with Crippen molar-refractivity contribution in [1.82, 2.24) is 4.90 Å². The Morgan fingerprint density at radius 3 is 2.52 bits per heavy atom. The number of anilines is 2. The van der Waals surface area contributed by atoms with Gasteiger partial charge in [0.15, 0.2) is 6.61 Å². The first-order valence-electron chi connectivity index (χ1n) is 9.00. The molecule has 1 amide bonds. The molecule has 0 unspecified atom stereocenters. The minimum Gasteiger partial charge on any atom is -0.484 e. The molecule has 144 valence electrons. The summed E-state index contributed by atoms with van der Waals surface area (Å²) in [6, 6.07) is 11.1. The average Bonchev–Trinajstić information content (AvgIpc) is 2.68. The van der Waals surface area contributed by atoms with Crippen molar-refractivity contribution in [3.05, 3.63) is 53.3 Å². The predicted molar refractivity (Wildman–Crippen MR) is 106 cm³/mol. The van der Waals surface area contributed by atoms with Crippen LogP contribution in [0.2, 0.25) is 5.02 Å². The second kappa shape index (κ2) is 9.06. The van der Waals surface area contributed by atoms with Gasteiger partial charge >= 0.3 is 0 Å². The molecule has 2 aromatic carbocycles. The highest BCUT2D eigenvalue weighted by Crippen LogP contribution is 2.30. The van der Waals surface area contributed by atoms with Gasteiger partial charge in [0, 0.05) is 31.2 Å². The SMILES string of the molecule is CCN1CCN(c2ccc(Cl)cc2NC(=O)COc2ccc(F)cc2)CC1. The maximum Gasteiger partial charge on any atom is 0.262 e. The number of nitrogens with zero attached hydrogens (tertiary/aromatic N) is 2. The van der Waals surface area contributed by atoms with Crippen LogP contribution in [0.4, 0.5) is 15.8 Å². The normalized spacial score (nSPS) is 14.9. The number of carbonyl (C=O) groups is 1. The molecule has 27 heavy (non-hydrogen) atoms. The molecular formula is C20H23ClFN3O2. The van der Waals surface area contributed by atoms with Crippen LogP contribution in [-0.4, -0.2) is 50.1 Å². The summed E-state index contributed by atoms with van der Waals surface area (Å²) in [6.07, 6.45) is 0. The number of amides is 1. The van der Waals surface area contributed by atoms with E-state index in [-0.39, 0.29) is 18.3 Å². The van der Waals surface area contributed by atoms with Gasteiger partial charge in [-0.1, -0.05) is 18.5 Å². The second-order valence-corrected chi connectivity index (χ2v) is 6.81. The fraction of sp³-hybridized carbons (Fsp3) is 0.350. The highest BCUT2D eigenvalue weighted by atomic mass is 35.5. The Labute approximate surface area is 163 Å². The first-order chi connectivity index (χ1) is 13.0. The van der Waals surface area contributed by atoms with E-state index in [9.17, 15) is 9.18 Å². The molecule has 0 aliphatic carbocycles. The summed E-state index contributed by atoms with van der Waals surface area (Å²) in [5.41, 5.74) is 1.62. The summed E-state index contributed by atoms with van der Waals surface area (Å²) in [4.78, 5) is 17.0. The van der Waals surface area contributed by atoms with Gasteiger partial charge in [0.1, 0.15) is 11.6 Å². The molecule has 0 spiro atoms. The summed E-state index contributed by atoms with van der Waals surface area (Å²) < 4.78 is 18.3. The number of hydrogen-bond donors (Lipinski definition) is 1. The van der Waals surface area contributed by atoms with E-state index in [1.165, 1.54) is 24.3 Å². The average molecular weight is 392 g/mol. The second-order valence-electron chi connectivity index (χ2n) is 6.37. The van der Waals surface area contributed by atoms with Crippen LogP contribution >= 0.6 is 11.6 Å². The lowest BCUT2D eigenvalue weighted by Gasteiger charge is -2.36. The summed E-state index contributed by atoms with van der Waals surface area (Å²) in [6.45, 7) is 6.79. The molecule has 0 saturated carbocycles. The largest absolute Gasteiger partial charge is 0.484 e. The van der Waals surface area contributed by atoms with Crippen LogP contribution in [-0.2, 0) is 4.79 Å². The Kier molecular flexibility index (Phi) is 6.53. The maximum atomic E-state index is 12.9. The smallest absolute Gasteiger partial charge is 0.262 e. The van der Waals surface area contributed by atoms with Crippen molar-refractivity contribution in [2.45, 2.75) is 6.92 Å². The van der Waals surface area contributed by atoms with Crippen LogP contribution in [0.5, 0.6) is 5.75 Å². The number of piperazine rings is 1. The molecule has 7 heteroatoms. The van der Waals surface area contributed by atoms with Gasteiger partial charge in [-0.05, 0) is 49.0 Å². The Hall–Kier alpha value is -2.31. The highest BCUT2D eigenvalue weighted by Gasteiger charge is 2.19. The van der Waals surface area contributed by atoms with E-state index in [0.717, 1.165) is 38.4 Å². The van der Waals surface area contributed by atoms with Crippen LogP contribution in [0.15, 0.2) is 42.5 Å². The van der Waals surface area contributed by atoms with Crippen LogP contribution in [0.1, 0.15) is 6.92 Å². The Morgan fingerprint density at radius 2 is 1.85 bits per heavy atom. The third kappa shape index (κ3) is 5.34. The van der Waals surface area contributed by atoms with E-state index in [1.807, 2.05) is 12.1 Å². The number of likely N-dealkylation sites (N-methyl/N-ethyl adjacent to an activating group) is 1. The topological polar surface area (TPSA) is 44.8 Å². The van der Waals surface area contributed by atoms with Crippen molar-refractivity contribution in [2.24, 2.45) is 0 Å². The molecule has 0 radical (unpaired) electrons. The predicted octanol–water partition coefficient (Wildman–Crippen LogP) is 3.64. The molecule has 1 fully saturated rings. The molecule has 1 aliphatic rings. The van der Waals surface area contributed by atoms with Crippen molar-refractivity contribution in [2.75, 3.05) is 49.5 Å². The number of hydrogen-bond acceptors (Lipinski definition) is 4. The van der Waals surface area contributed by atoms with E-state index < -0.39 is 0 Å². The first-order valence-corrected chi connectivity index (χ1v) is 9.38. The maximum absolute atomic E-state index is 12.9. The van der Waals surface area contributed by atoms with Gasteiger partial charge in [-0.15, -0.1) is 0 Å². The van der Waals surface area contributed by atoms with Crippen LogP contribution in [0.25, 0.3) is 0 Å². The summed E-state index contributed by atoms with van der Waals surface area (Å²) in [5, 5.41) is 3.43. The highest BCUT2D eigenvalue weighted by molar-refractivity contribution is 6.31. The van der Waals surface area contributed by atoms with E-state index in [0.29, 0.717) is 16.5 Å². The zero-order valence-electron chi connectivity index (χ0n) is 15.3. The molecule has 1 heterocycles. The first kappa shape index (κ1) is 19.5. The van der Waals surface area contributed by atoms with Gasteiger partial charge in [0.2, 0.25) is 0 Å². The zero-order valence-corrected chi connectivity index (χ0v) is 16.0. The molecule has 1 N–H and O–H groups in total. The van der Waals surface area contributed by atoms with Gasteiger partial charge in [-0.25, -0.2) is 4.39 Å². The molecule has 2 aromatic rings. The number of benzene rings is 2. The van der Waals surface area contributed by atoms with Crippen LogP contribution in [0, 0.1) is 5.82 Å². The fourth-order valence-corrected chi connectivity index (χ4v) is 3.23. The molecule has 0 atom stereocenters. The third-order valence-electron chi connectivity index (χ3n) is 4.58. The van der Waals surface area contributed by atoms with Crippen molar-refractivity contribution in [3.63, 3.8) is 0 Å². The van der Waals surface area contributed by atoms with E-state index in [1.54, 1.807) is 6.07 Å². The summed E-state index contributed by atoms with van der Waals surface area (Å²) in [5.74, 6) is -0.206. The Morgan fingerprint density at radius 1 is 1.15 bits per heavy atom. The lowest BCUT2D eigenvalue weighted by molar-refractivity contribution is -0.118. The number of carbonyl (C=O) groups excluding carboxylic acids is 1.